The van der Waals surface area contributed by atoms with Gasteiger partial charge in [-0.15, -0.1) is 0 Å². The maximum absolute atomic E-state index is 12.5. The zero-order chi connectivity index (χ0) is 19.1. The fourth-order valence-electron chi connectivity index (χ4n) is 3.51. The molecule has 0 spiro atoms. The monoisotopic (exact) mass is 368 g/mol. The summed E-state index contributed by atoms with van der Waals surface area (Å²) in [5, 5.41) is 2.97. The lowest BCUT2D eigenvalue weighted by Crippen LogP contribution is -2.29. The molecular formula is C22H28N2O3. The van der Waals surface area contributed by atoms with E-state index < -0.39 is 0 Å². The number of para-hydroxylation sites is 1. The van der Waals surface area contributed by atoms with Gasteiger partial charge in [0.2, 0.25) is 0 Å². The van der Waals surface area contributed by atoms with Crippen molar-refractivity contribution in [2.24, 2.45) is 0 Å². The topological polar surface area (TPSA) is 50.8 Å². The van der Waals surface area contributed by atoms with Crippen molar-refractivity contribution in [3.05, 3.63) is 53.6 Å². The maximum Gasteiger partial charge on any atom is 0.255 e. The summed E-state index contributed by atoms with van der Waals surface area (Å²) in [6.45, 7) is 2.87. The molecule has 2 aromatic carbocycles. The predicted octanol–water partition coefficient (Wildman–Crippen LogP) is 3.67. The number of carbonyl (C=O) groups excluding carboxylic acids is 1. The van der Waals surface area contributed by atoms with E-state index in [0.29, 0.717) is 23.6 Å². The molecule has 5 heteroatoms. The van der Waals surface area contributed by atoms with Gasteiger partial charge in [-0.2, -0.15) is 0 Å². The third kappa shape index (κ3) is 4.73. The van der Waals surface area contributed by atoms with Crippen LogP contribution in [-0.2, 0) is 6.42 Å². The fraction of sp³-hybridized carbons (Fsp3) is 0.409. The summed E-state index contributed by atoms with van der Waals surface area (Å²) in [6, 6.07) is 14.0. The van der Waals surface area contributed by atoms with Gasteiger partial charge in [0.15, 0.2) is 11.5 Å². The molecule has 1 amide bonds. The Balaban J connectivity index is 1.54. The molecule has 1 heterocycles. The lowest BCUT2D eigenvalue weighted by atomic mass is 10.1. The number of rotatable bonds is 7. The second-order valence-electron chi connectivity index (χ2n) is 6.76. The number of anilines is 1. The summed E-state index contributed by atoms with van der Waals surface area (Å²) in [5.74, 6) is 0.859. The molecule has 0 atom stereocenters. The normalized spacial score (nSPS) is 13.9. The first kappa shape index (κ1) is 19.1. The minimum Gasteiger partial charge on any atom is -0.493 e. The standard InChI is InChI=1S/C22H28N2O3/c1-26-20-8-6-7-19(21(20)27-2)22(25)23-14-13-17-9-11-18(12-10-17)24-15-4-3-5-16-24/h6-12H,3-5,13-16H2,1-2H3,(H,23,25). The summed E-state index contributed by atoms with van der Waals surface area (Å²) in [7, 11) is 3.10. The van der Waals surface area contributed by atoms with E-state index in [1.54, 1.807) is 32.4 Å². The Morgan fingerprint density at radius 3 is 2.41 bits per heavy atom. The average molecular weight is 368 g/mol. The second-order valence-corrected chi connectivity index (χ2v) is 6.76. The van der Waals surface area contributed by atoms with Crippen LogP contribution in [0.2, 0.25) is 0 Å². The second kappa shape index (κ2) is 9.31. The van der Waals surface area contributed by atoms with E-state index in [-0.39, 0.29) is 5.91 Å². The molecule has 1 N–H and O–H groups in total. The number of methoxy groups -OCH3 is 2. The van der Waals surface area contributed by atoms with Crippen LogP contribution in [-0.4, -0.2) is 39.8 Å². The number of amides is 1. The Morgan fingerprint density at radius 2 is 1.74 bits per heavy atom. The largest absolute Gasteiger partial charge is 0.493 e. The fourth-order valence-corrected chi connectivity index (χ4v) is 3.51. The number of benzene rings is 2. The Labute approximate surface area is 161 Å². The van der Waals surface area contributed by atoms with Crippen LogP contribution >= 0.6 is 0 Å². The molecule has 0 radical (unpaired) electrons. The van der Waals surface area contributed by atoms with Crippen molar-refractivity contribution in [3.63, 3.8) is 0 Å². The quantitative estimate of drug-likeness (QED) is 0.810. The first-order valence-corrected chi connectivity index (χ1v) is 9.56. The van der Waals surface area contributed by atoms with Gasteiger partial charge in [0.05, 0.1) is 19.8 Å². The molecule has 5 nitrogen and oxygen atoms in total. The molecule has 27 heavy (non-hydrogen) atoms. The van der Waals surface area contributed by atoms with Crippen molar-refractivity contribution in [1.82, 2.24) is 5.32 Å². The van der Waals surface area contributed by atoms with Crippen molar-refractivity contribution in [1.29, 1.82) is 0 Å². The highest BCUT2D eigenvalue weighted by atomic mass is 16.5. The number of ether oxygens (including phenoxy) is 2. The maximum atomic E-state index is 12.5. The van der Waals surface area contributed by atoms with Gasteiger partial charge in [0.1, 0.15) is 0 Å². The minimum atomic E-state index is -0.157. The van der Waals surface area contributed by atoms with Gasteiger partial charge >= 0.3 is 0 Å². The van der Waals surface area contributed by atoms with Gasteiger partial charge in [0.25, 0.3) is 5.91 Å². The Kier molecular flexibility index (Phi) is 6.58. The summed E-state index contributed by atoms with van der Waals surface area (Å²) in [4.78, 5) is 14.9. The summed E-state index contributed by atoms with van der Waals surface area (Å²) in [5.41, 5.74) is 2.99. The lowest BCUT2D eigenvalue weighted by Gasteiger charge is -2.28. The number of hydrogen-bond acceptors (Lipinski definition) is 4. The molecule has 0 bridgehead atoms. The molecule has 0 aromatic heterocycles. The smallest absolute Gasteiger partial charge is 0.255 e. The van der Waals surface area contributed by atoms with Crippen LogP contribution in [0.5, 0.6) is 11.5 Å². The zero-order valence-electron chi connectivity index (χ0n) is 16.2. The van der Waals surface area contributed by atoms with Gasteiger partial charge in [-0.25, -0.2) is 0 Å². The van der Waals surface area contributed by atoms with Gasteiger partial charge in [-0.05, 0) is 55.5 Å². The van der Waals surface area contributed by atoms with Crippen LogP contribution in [0.1, 0.15) is 35.2 Å². The van der Waals surface area contributed by atoms with Crippen LogP contribution < -0.4 is 19.7 Å². The van der Waals surface area contributed by atoms with E-state index in [9.17, 15) is 4.79 Å². The van der Waals surface area contributed by atoms with E-state index in [1.165, 1.54) is 30.5 Å². The molecule has 1 aliphatic rings. The van der Waals surface area contributed by atoms with Gasteiger partial charge in [-0.1, -0.05) is 18.2 Å². The molecular weight excluding hydrogens is 340 g/mol. The number of nitrogens with one attached hydrogen (secondary N) is 1. The zero-order valence-corrected chi connectivity index (χ0v) is 16.2. The van der Waals surface area contributed by atoms with Crippen LogP contribution in [0.3, 0.4) is 0 Å². The summed E-state index contributed by atoms with van der Waals surface area (Å²) < 4.78 is 10.6. The van der Waals surface area contributed by atoms with Gasteiger partial charge in [-0.3, -0.25) is 4.79 Å². The molecule has 0 aliphatic carbocycles. The highest BCUT2D eigenvalue weighted by Gasteiger charge is 2.16. The first-order valence-electron chi connectivity index (χ1n) is 9.56. The van der Waals surface area contributed by atoms with Crippen LogP contribution in [0.15, 0.2) is 42.5 Å². The minimum absolute atomic E-state index is 0.157. The van der Waals surface area contributed by atoms with Crippen molar-refractivity contribution >= 4 is 11.6 Å². The number of piperidine rings is 1. The van der Waals surface area contributed by atoms with E-state index in [0.717, 1.165) is 19.5 Å². The average Bonchev–Trinajstić information content (AvgIpc) is 2.74. The predicted molar refractivity (Wildman–Crippen MR) is 108 cm³/mol. The van der Waals surface area contributed by atoms with Crippen molar-refractivity contribution in [2.45, 2.75) is 25.7 Å². The summed E-state index contributed by atoms with van der Waals surface area (Å²) >= 11 is 0. The van der Waals surface area contributed by atoms with Gasteiger partial charge in [0, 0.05) is 25.3 Å². The molecule has 2 aromatic rings. The highest BCUT2D eigenvalue weighted by Crippen LogP contribution is 2.30. The van der Waals surface area contributed by atoms with E-state index in [4.69, 9.17) is 9.47 Å². The van der Waals surface area contributed by atoms with E-state index >= 15 is 0 Å². The van der Waals surface area contributed by atoms with E-state index in [2.05, 4.69) is 34.5 Å². The molecule has 0 saturated carbocycles. The van der Waals surface area contributed by atoms with Crippen LogP contribution in [0.4, 0.5) is 5.69 Å². The number of nitrogens with zero attached hydrogens (tertiary/aromatic N) is 1. The Bertz CT molecular complexity index is 753. The van der Waals surface area contributed by atoms with Crippen molar-refractivity contribution in [3.8, 4) is 11.5 Å². The third-order valence-corrected chi connectivity index (χ3v) is 5.00. The first-order chi connectivity index (χ1) is 13.2. The highest BCUT2D eigenvalue weighted by molar-refractivity contribution is 5.97. The number of hydrogen-bond donors (Lipinski definition) is 1. The van der Waals surface area contributed by atoms with Gasteiger partial charge < -0.3 is 19.7 Å². The summed E-state index contributed by atoms with van der Waals surface area (Å²) in [6.07, 6.45) is 4.69. The van der Waals surface area contributed by atoms with Crippen LogP contribution in [0, 0.1) is 0 Å². The van der Waals surface area contributed by atoms with E-state index in [1.807, 2.05) is 0 Å². The molecule has 1 fully saturated rings. The molecule has 0 unspecified atom stereocenters. The molecule has 1 saturated heterocycles. The molecule has 3 rings (SSSR count). The van der Waals surface area contributed by atoms with Crippen molar-refractivity contribution < 1.29 is 14.3 Å². The molecule has 1 aliphatic heterocycles. The molecule has 144 valence electrons. The van der Waals surface area contributed by atoms with Crippen LogP contribution in [0.25, 0.3) is 0 Å². The lowest BCUT2D eigenvalue weighted by molar-refractivity contribution is 0.0950. The number of carbonyl (C=O) groups is 1. The Morgan fingerprint density at radius 1 is 1.00 bits per heavy atom. The van der Waals surface area contributed by atoms with Crippen molar-refractivity contribution in [2.75, 3.05) is 38.8 Å². The Hall–Kier alpha value is -2.69. The SMILES string of the molecule is COc1cccc(C(=O)NCCc2ccc(N3CCCCC3)cc2)c1OC. The third-order valence-electron chi connectivity index (χ3n) is 5.00.